The van der Waals surface area contributed by atoms with Crippen molar-refractivity contribution in [2.75, 3.05) is 6.61 Å². The zero-order valence-electron chi connectivity index (χ0n) is 16.8. The Bertz CT molecular complexity index is 332. The van der Waals surface area contributed by atoms with Gasteiger partial charge in [0.2, 0.25) is 0 Å². The molecular formula is C21H42O4. The fraction of sp³-hybridized carbons (Fsp3) is 0.952. The first-order chi connectivity index (χ1) is 11.9. The second-order valence-electron chi connectivity index (χ2n) is 7.57. The minimum Gasteiger partial charge on any atom is -0.394 e. The summed E-state index contributed by atoms with van der Waals surface area (Å²) >= 11 is 0. The van der Waals surface area contributed by atoms with E-state index in [2.05, 4.69) is 13.8 Å². The number of hydrogen-bond donors (Lipinski definition) is 3. The minimum absolute atomic E-state index is 0.278. The van der Waals surface area contributed by atoms with Crippen molar-refractivity contribution >= 4 is 5.78 Å². The van der Waals surface area contributed by atoms with Crippen molar-refractivity contribution in [1.82, 2.24) is 0 Å². The second-order valence-corrected chi connectivity index (χ2v) is 7.57. The van der Waals surface area contributed by atoms with Crippen LogP contribution in [0.4, 0.5) is 0 Å². The van der Waals surface area contributed by atoms with Gasteiger partial charge in [0, 0.05) is 6.42 Å². The van der Waals surface area contributed by atoms with Crippen LogP contribution < -0.4 is 0 Å². The van der Waals surface area contributed by atoms with Crippen molar-refractivity contribution in [3.8, 4) is 0 Å². The predicted molar refractivity (Wildman–Crippen MR) is 104 cm³/mol. The highest BCUT2D eigenvalue weighted by Crippen LogP contribution is 2.29. The van der Waals surface area contributed by atoms with E-state index in [1.54, 1.807) is 6.92 Å². The van der Waals surface area contributed by atoms with Crippen LogP contribution in [0.25, 0.3) is 0 Å². The second kappa shape index (κ2) is 14.7. The van der Waals surface area contributed by atoms with E-state index in [1.807, 2.05) is 0 Å². The number of aliphatic hydroxyl groups is 3. The molecule has 0 bridgehead atoms. The molecule has 0 aromatic carbocycles. The molecule has 150 valence electrons. The molecule has 0 saturated heterocycles. The highest BCUT2D eigenvalue weighted by Gasteiger charge is 2.46. The molecule has 3 atom stereocenters. The van der Waals surface area contributed by atoms with Crippen LogP contribution in [0.5, 0.6) is 0 Å². The Morgan fingerprint density at radius 3 is 1.88 bits per heavy atom. The van der Waals surface area contributed by atoms with Gasteiger partial charge in [0.25, 0.3) is 0 Å². The fourth-order valence-electron chi connectivity index (χ4n) is 3.47. The quantitative estimate of drug-likeness (QED) is 0.337. The van der Waals surface area contributed by atoms with Gasteiger partial charge in [-0.15, -0.1) is 0 Å². The van der Waals surface area contributed by atoms with Crippen LogP contribution in [0.15, 0.2) is 0 Å². The number of ketones is 1. The van der Waals surface area contributed by atoms with Gasteiger partial charge in [0.1, 0.15) is 6.10 Å². The van der Waals surface area contributed by atoms with Gasteiger partial charge >= 0.3 is 0 Å². The molecule has 0 amide bonds. The minimum atomic E-state index is -1.82. The summed E-state index contributed by atoms with van der Waals surface area (Å²) < 4.78 is 0. The average Bonchev–Trinajstić information content (AvgIpc) is 2.62. The van der Waals surface area contributed by atoms with E-state index < -0.39 is 18.3 Å². The zero-order chi connectivity index (χ0) is 19.1. The lowest BCUT2D eigenvalue weighted by molar-refractivity contribution is -0.165. The largest absolute Gasteiger partial charge is 0.394 e. The van der Waals surface area contributed by atoms with Crippen LogP contribution >= 0.6 is 0 Å². The van der Waals surface area contributed by atoms with Crippen LogP contribution in [0, 0.1) is 5.92 Å². The monoisotopic (exact) mass is 358 g/mol. The van der Waals surface area contributed by atoms with E-state index in [-0.39, 0.29) is 18.1 Å². The van der Waals surface area contributed by atoms with Crippen LogP contribution in [-0.2, 0) is 4.79 Å². The Balaban J connectivity index is 4.35. The molecule has 0 aliphatic rings. The lowest BCUT2D eigenvalue weighted by Gasteiger charge is -2.36. The van der Waals surface area contributed by atoms with Gasteiger partial charge in [-0.25, -0.2) is 0 Å². The zero-order valence-corrected chi connectivity index (χ0v) is 16.8. The summed E-state index contributed by atoms with van der Waals surface area (Å²) in [5, 5.41) is 30.2. The number of Topliss-reactive ketones (excluding diaryl/α,β-unsaturated/α-hetero) is 1. The molecule has 3 unspecified atom stereocenters. The van der Waals surface area contributed by atoms with E-state index in [1.165, 1.54) is 32.1 Å². The van der Waals surface area contributed by atoms with Crippen LogP contribution in [0.2, 0.25) is 0 Å². The molecule has 25 heavy (non-hydrogen) atoms. The molecule has 0 aliphatic heterocycles. The van der Waals surface area contributed by atoms with Crippen molar-refractivity contribution in [2.24, 2.45) is 5.92 Å². The summed E-state index contributed by atoms with van der Waals surface area (Å²) in [7, 11) is 0. The van der Waals surface area contributed by atoms with Crippen LogP contribution in [0.1, 0.15) is 104 Å². The van der Waals surface area contributed by atoms with Gasteiger partial charge in [-0.3, -0.25) is 4.79 Å². The lowest BCUT2D eigenvalue weighted by Crippen LogP contribution is -2.55. The van der Waals surface area contributed by atoms with Gasteiger partial charge in [-0.05, 0) is 18.8 Å². The van der Waals surface area contributed by atoms with Crippen molar-refractivity contribution in [3.05, 3.63) is 0 Å². The van der Waals surface area contributed by atoms with Gasteiger partial charge in [0.15, 0.2) is 11.4 Å². The van der Waals surface area contributed by atoms with Gasteiger partial charge in [-0.1, -0.05) is 85.0 Å². The molecule has 0 spiro atoms. The third-order valence-electron chi connectivity index (χ3n) is 5.38. The summed E-state index contributed by atoms with van der Waals surface area (Å²) in [6.07, 6.45) is 11.7. The summed E-state index contributed by atoms with van der Waals surface area (Å²) in [6.45, 7) is 5.53. The molecule has 4 heteroatoms. The fourth-order valence-corrected chi connectivity index (χ4v) is 3.47. The number of aliphatic hydroxyl groups excluding tert-OH is 2. The Labute approximate surface area is 155 Å². The predicted octanol–water partition coefficient (Wildman–Crippen LogP) is 4.39. The number of carbonyl (C=O) groups is 1. The van der Waals surface area contributed by atoms with Gasteiger partial charge in [0.05, 0.1) is 6.61 Å². The maximum absolute atomic E-state index is 12.6. The first-order valence-corrected chi connectivity index (χ1v) is 10.5. The number of carbonyl (C=O) groups excluding carboxylic acids is 1. The molecular weight excluding hydrogens is 316 g/mol. The summed E-state index contributed by atoms with van der Waals surface area (Å²) in [6, 6.07) is 0. The van der Waals surface area contributed by atoms with E-state index in [9.17, 15) is 20.1 Å². The van der Waals surface area contributed by atoms with Crippen molar-refractivity contribution in [1.29, 1.82) is 0 Å². The SMILES string of the molecule is CCCCCCCCCCC(=O)C(O)(C(C)CCCCC)C(O)CO. The van der Waals surface area contributed by atoms with Crippen molar-refractivity contribution in [3.63, 3.8) is 0 Å². The van der Waals surface area contributed by atoms with Crippen LogP contribution in [0.3, 0.4) is 0 Å². The maximum atomic E-state index is 12.6. The topological polar surface area (TPSA) is 77.8 Å². The number of rotatable bonds is 17. The molecule has 0 aromatic rings. The molecule has 0 heterocycles. The van der Waals surface area contributed by atoms with E-state index in [0.717, 1.165) is 38.5 Å². The summed E-state index contributed by atoms with van der Waals surface area (Å²) in [5.41, 5.74) is -1.82. The first-order valence-electron chi connectivity index (χ1n) is 10.5. The highest BCUT2D eigenvalue weighted by molar-refractivity contribution is 5.88. The lowest BCUT2D eigenvalue weighted by atomic mass is 9.76. The standard InChI is InChI=1S/C21H42O4/c1-4-6-8-9-10-11-12-14-16-19(23)21(25,20(24)17-22)18(3)15-13-7-5-2/h18,20,22,24-25H,4-17H2,1-3H3. The first kappa shape index (κ1) is 24.6. The van der Waals surface area contributed by atoms with Crippen molar-refractivity contribution in [2.45, 2.75) is 116 Å². The highest BCUT2D eigenvalue weighted by atomic mass is 16.4. The molecule has 0 fully saturated rings. The maximum Gasteiger partial charge on any atom is 0.167 e. The molecule has 0 saturated carbocycles. The van der Waals surface area contributed by atoms with Crippen molar-refractivity contribution < 1.29 is 20.1 Å². The van der Waals surface area contributed by atoms with E-state index in [0.29, 0.717) is 6.42 Å². The Morgan fingerprint density at radius 1 is 0.880 bits per heavy atom. The smallest absolute Gasteiger partial charge is 0.167 e. The van der Waals surface area contributed by atoms with E-state index >= 15 is 0 Å². The molecule has 0 aliphatic carbocycles. The summed E-state index contributed by atoms with van der Waals surface area (Å²) in [5.74, 6) is -0.660. The van der Waals surface area contributed by atoms with Gasteiger partial charge < -0.3 is 15.3 Å². The third kappa shape index (κ3) is 9.16. The van der Waals surface area contributed by atoms with Crippen LogP contribution in [-0.4, -0.2) is 39.4 Å². The Morgan fingerprint density at radius 2 is 1.36 bits per heavy atom. The molecule has 0 aromatic heterocycles. The average molecular weight is 359 g/mol. The Hall–Kier alpha value is -0.450. The number of hydrogen-bond acceptors (Lipinski definition) is 4. The number of unbranched alkanes of at least 4 members (excludes halogenated alkanes) is 9. The normalized spacial score (nSPS) is 16.4. The molecule has 0 radical (unpaired) electrons. The summed E-state index contributed by atoms with van der Waals surface area (Å²) in [4.78, 5) is 12.6. The molecule has 0 rings (SSSR count). The third-order valence-corrected chi connectivity index (χ3v) is 5.38. The molecule has 3 N–H and O–H groups in total. The van der Waals surface area contributed by atoms with Gasteiger partial charge in [-0.2, -0.15) is 0 Å². The Kier molecular flexibility index (Phi) is 14.4. The molecule has 4 nitrogen and oxygen atoms in total. The van der Waals surface area contributed by atoms with E-state index in [4.69, 9.17) is 0 Å².